The molecule has 6 nitrogen and oxygen atoms in total. The van der Waals surface area contributed by atoms with Crippen molar-refractivity contribution in [1.82, 2.24) is 4.98 Å². The lowest BCUT2D eigenvalue weighted by molar-refractivity contribution is -0.147. The van der Waals surface area contributed by atoms with Crippen LogP contribution in [0.15, 0.2) is 139 Å². The summed E-state index contributed by atoms with van der Waals surface area (Å²) in [7, 11) is 0. The van der Waals surface area contributed by atoms with E-state index < -0.39 is 34.4 Å². The molecule has 53 heavy (non-hydrogen) atoms. The molecular formula is C43H41ClF3NO5. The van der Waals surface area contributed by atoms with Crippen LogP contribution in [0.4, 0.5) is 13.2 Å². The van der Waals surface area contributed by atoms with E-state index in [1.165, 1.54) is 0 Å². The van der Waals surface area contributed by atoms with E-state index in [1.54, 1.807) is 20.0 Å². The van der Waals surface area contributed by atoms with Crippen LogP contribution in [0, 0.1) is 24.2 Å². The van der Waals surface area contributed by atoms with E-state index in [0.717, 1.165) is 45.6 Å². The third-order valence-corrected chi connectivity index (χ3v) is 9.25. The van der Waals surface area contributed by atoms with E-state index in [4.69, 9.17) is 30.5 Å². The van der Waals surface area contributed by atoms with E-state index >= 15 is 0 Å². The average Bonchev–Trinajstić information content (AvgIpc) is 3.70. The molecule has 0 aliphatic heterocycles. The first-order valence-corrected chi connectivity index (χ1v) is 17.5. The van der Waals surface area contributed by atoms with Gasteiger partial charge >= 0.3 is 12.1 Å². The van der Waals surface area contributed by atoms with Crippen molar-refractivity contribution in [2.45, 2.75) is 46.6 Å². The van der Waals surface area contributed by atoms with Gasteiger partial charge < -0.3 is 18.9 Å². The van der Waals surface area contributed by atoms with Crippen molar-refractivity contribution in [3.05, 3.63) is 150 Å². The molecule has 3 atom stereocenters. The standard InChI is InChI=1S/C23H22ClF3O2.C20H19NO3/c1-14-16(10-7-11-17(14)15-8-5-4-6-9-15)13-29-21(28)20-18(22(20,2)3)12-19(24)23(25,26)27;1-16(23-20-9-5-6-14-21-20)15-22-17-10-12-19(13-11-17)24-18-7-3-2-4-8-18/h4-12,18,20H,13H2,1-3H3;2-14,16H,15H2,1H3/b19-12-;. The molecule has 1 fully saturated rings. The van der Waals surface area contributed by atoms with Crippen molar-refractivity contribution in [2.24, 2.45) is 17.3 Å². The first-order valence-electron chi connectivity index (χ1n) is 17.1. The number of pyridine rings is 1. The molecule has 10 heteroatoms. The molecule has 276 valence electrons. The smallest absolute Gasteiger partial charge is 0.426 e. The summed E-state index contributed by atoms with van der Waals surface area (Å²) >= 11 is 5.34. The summed E-state index contributed by atoms with van der Waals surface area (Å²) < 4.78 is 60.7. The van der Waals surface area contributed by atoms with Crippen LogP contribution in [-0.2, 0) is 16.1 Å². The maximum atomic E-state index is 12.7. The zero-order chi connectivity index (χ0) is 38.0. The van der Waals surface area contributed by atoms with Crippen molar-refractivity contribution in [1.29, 1.82) is 0 Å². The molecule has 1 saturated carbocycles. The summed E-state index contributed by atoms with van der Waals surface area (Å²) in [6.07, 6.45) is -2.08. The second-order valence-electron chi connectivity index (χ2n) is 13.2. The Morgan fingerprint density at radius 3 is 2.11 bits per heavy atom. The molecule has 6 rings (SSSR count). The Hall–Kier alpha value is -5.28. The molecule has 0 N–H and O–H groups in total. The Balaban J connectivity index is 0.000000208. The Morgan fingerprint density at radius 2 is 1.47 bits per heavy atom. The SMILES string of the molecule is CC(COc1ccc(Oc2ccccc2)cc1)Oc1ccccn1.Cc1c(COC(=O)C2C(/C=C(\Cl)C(F)(F)F)C2(C)C)cccc1-c1ccccc1. The molecule has 5 aromatic rings. The van der Waals surface area contributed by atoms with Crippen LogP contribution < -0.4 is 14.2 Å². The highest BCUT2D eigenvalue weighted by Crippen LogP contribution is 2.60. The van der Waals surface area contributed by atoms with Crippen molar-refractivity contribution >= 4 is 17.6 Å². The van der Waals surface area contributed by atoms with Crippen LogP contribution in [0.5, 0.6) is 23.1 Å². The van der Waals surface area contributed by atoms with E-state index in [-0.39, 0.29) is 12.7 Å². The van der Waals surface area contributed by atoms with Crippen LogP contribution >= 0.6 is 11.6 Å². The van der Waals surface area contributed by atoms with E-state index in [2.05, 4.69) is 4.98 Å². The number of carbonyl (C=O) groups excluding carboxylic acids is 1. The van der Waals surface area contributed by atoms with Gasteiger partial charge in [-0.05, 0) is 89.9 Å². The highest BCUT2D eigenvalue weighted by atomic mass is 35.5. The maximum absolute atomic E-state index is 12.7. The molecule has 1 heterocycles. The van der Waals surface area contributed by atoms with Crippen LogP contribution in [0.25, 0.3) is 11.1 Å². The van der Waals surface area contributed by atoms with Gasteiger partial charge in [0, 0.05) is 12.3 Å². The molecule has 1 aliphatic rings. The number of benzene rings is 4. The lowest BCUT2D eigenvalue weighted by atomic mass is 9.97. The normalized spacial score (nSPS) is 16.7. The summed E-state index contributed by atoms with van der Waals surface area (Å²) in [5.41, 5.74) is 3.34. The number of carbonyl (C=O) groups is 1. The average molecular weight is 744 g/mol. The van der Waals surface area contributed by atoms with Gasteiger partial charge in [0.25, 0.3) is 0 Å². The predicted molar refractivity (Wildman–Crippen MR) is 200 cm³/mol. The monoisotopic (exact) mass is 743 g/mol. The molecule has 0 amide bonds. The van der Waals surface area contributed by atoms with Crippen molar-refractivity contribution in [3.8, 4) is 34.3 Å². The Morgan fingerprint density at radius 1 is 0.849 bits per heavy atom. The van der Waals surface area contributed by atoms with Crippen LogP contribution in [0.1, 0.15) is 31.9 Å². The summed E-state index contributed by atoms with van der Waals surface area (Å²) in [5.74, 6) is 1.20. The highest BCUT2D eigenvalue weighted by Gasteiger charge is 2.62. The second kappa shape index (κ2) is 17.5. The third kappa shape index (κ3) is 10.9. The molecule has 1 aliphatic carbocycles. The fourth-order valence-corrected chi connectivity index (χ4v) is 5.93. The number of ether oxygens (including phenoxy) is 4. The fraction of sp³-hybridized carbons (Fsp3) is 0.256. The zero-order valence-corrected chi connectivity index (χ0v) is 30.6. The van der Waals surface area contributed by atoms with Gasteiger partial charge in [0.15, 0.2) is 0 Å². The number of para-hydroxylation sites is 1. The van der Waals surface area contributed by atoms with Crippen molar-refractivity contribution in [3.63, 3.8) is 0 Å². The largest absolute Gasteiger partial charge is 0.490 e. The van der Waals surface area contributed by atoms with Crippen molar-refractivity contribution < 1.29 is 36.9 Å². The minimum Gasteiger partial charge on any atom is -0.490 e. The molecule has 0 spiro atoms. The van der Waals surface area contributed by atoms with E-state index in [9.17, 15) is 18.0 Å². The van der Waals surface area contributed by atoms with Crippen molar-refractivity contribution in [2.75, 3.05) is 6.61 Å². The van der Waals surface area contributed by atoms with E-state index in [0.29, 0.717) is 12.5 Å². The number of alkyl halides is 3. The number of rotatable bonds is 12. The summed E-state index contributed by atoms with van der Waals surface area (Å²) in [4.78, 5) is 16.7. The van der Waals surface area contributed by atoms with Gasteiger partial charge in [-0.15, -0.1) is 0 Å². The topological polar surface area (TPSA) is 66.9 Å². The second-order valence-corrected chi connectivity index (χ2v) is 13.6. The quantitative estimate of drug-likeness (QED) is 0.119. The van der Waals surface area contributed by atoms with Crippen LogP contribution in [0.3, 0.4) is 0 Å². The lowest BCUT2D eigenvalue weighted by Gasteiger charge is -2.15. The van der Waals surface area contributed by atoms with Crippen LogP contribution in [-0.4, -0.2) is 29.8 Å². The molecule has 3 unspecified atom stereocenters. The fourth-order valence-electron chi connectivity index (χ4n) is 5.80. The van der Waals surface area contributed by atoms with Gasteiger partial charge in [-0.2, -0.15) is 13.2 Å². The van der Waals surface area contributed by atoms with Crippen LogP contribution in [0.2, 0.25) is 0 Å². The maximum Gasteiger partial charge on any atom is 0.426 e. The number of aromatic nitrogens is 1. The number of hydrogen-bond acceptors (Lipinski definition) is 6. The Labute approximate surface area is 313 Å². The van der Waals surface area contributed by atoms with Gasteiger partial charge in [-0.3, -0.25) is 4.79 Å². The number of esters is 1. The minimum atomic E-state index is -4.61. The minimum absolute atomic E-state index is 0.0708. The highest BCUT2D eigenvalue weighted by molar-refractivity contribution is 6.30. The first-order chi connectivity index (χ1) is 25.3. The molecule has 0 radical (unpaired) electrons. The predicted octanol–water partition coefficient (Wildman–Crippen LogP) is 11.4. The third-order valence-electron chi connectivity index (χ3n) is 8.91. The van der Waals surface area contributed by atoms with Gasteiger partial charge in [-0.1, -0.05) is 104 Å². The summed E-state index contributed by atoms with van der Waals surface area (Å²) in [6, 6.07) is 38.4. The van der Waals surface area contributed by atoms with Gasteiger partial charge in [0.1, 0.15) is 41.6 Å². The van der Waals surface area contributed by atoms with Gasteiger partial charge in [-0.25, -0.2) is 4.98 Å². The molecule has 0 saturated heterocycles. The number of nitrogens with zero attached hydrogens (tertiary/aromatic N) is 1. The lowest BCUT2D eigenvalue weighted by Crippen LogP contribution is -2.21. The molecule has 1 aromatic heterocycles. The number of allylic oxidation sites excluding steroid dienone is 2. The number of halogens is 4. The molecule has 4 aromatic carbocycles. The molecular weight excluding hydrogens is 703 g/mol. The Bertz CT molecular complexity index is 1950. The zero-order valence-electron chi connectivity index (χ0n) is 29.8. The summed E-state index contributed by atoms with van der Waals surface area (Å²) in [5, 5.41) is -1.20. The van der Waals surface area contributed by atoms with Gasteiger partial charge in [0.05, 0.1) is 5.92 Å². The van der Waals surface area contributed by atoms with Gasteiger partial charge in [0.2, 0.25) is 5.88 Å². The Kier molecular flexibility index (Phi) is 12.9. The summed E-state index contributed by atoms with van der Waals surface area (Å²) in [6.45, 7) is 7.89. The number of hydrogen-bond donors (Lipinski definition) is 0. The first kappa shape index (κ1) is 38.9. The molecule has 0 bridgehead atoms. The van der Waals surface area contributed by atoms with E-state index in [1.807, 2.05) is 135 Å².